The van der Waals surface area contributed by atoms with Crippen LogP contribution in [-0.4, -0.2) is 27.7 Å². The normalized spacial score (nSPS) is 20.8. The Balaban J connectivity index is 1.87. The molecule has 0 radical (unpaired) electrons. The molecule has 5 heteroatoms. The number of fused-ring (bicyclic) bond motifs is 1. The van der Waals surface area contributed by atoms with Crippen LogP contribution in [0.3, 0.4) is 0 Å². The fraction of sp³-hybridized carbons (Fsp3) is 0.500. The monoisotopic (exact) mass is 231 g/mol. The highest BCUT2D eigenvalue weighted by Crippen LogP contribution is 2.17. The lowest BCUT2D eigenvalue weighted by atomic mass is 9.96. The maximum Gasteiger partial charge on any atom is 0.183 e. The molecular formula is C12H17N5. The van der Waals surface area contributed by atoms with Crippen molar-refractivity contribution in [1.29, 1.82) is 0 Å². The van der Waals surface area contributed by atoms with Crippen LogP contribution in [0.1, 0.15) is 18.7 Å². The molecule has 3 rings (SSSR count). The number of nitrogen functional groups attached to an aromatic ring is 1. The van der Waals surface area contributed by atoms with Crippen LogP contribution in [0.5, 0.6) is 0 Å². The number of nitrogens with two attached hydrogens (primary N) is 1. The molecule has 2 aromatic rings. The molecule has 3 N–H and O–H groups in total. The van der Waals surface area contributed by atoms with Crippen LogP contribution in [-0.2, 0) is 6.42 Å². The van der Waals surface area contributed by atoms with E-state index in [0.29, 0.717) is 11.6 Å². The van der Waals surface area contributed by atoms with Crippen LogP contribution in [0.25, 0.3) is 5.65 Å². The molecule has 0 spiro atoms. The molecule has 0 amide bonds. The molecule has 2 aromatic heterocycles. The third-order valence-electron chi connectivity index (χ3n) is 3.41. The molecule has 90 valence electrons. The van der Waals surface area contributed by atoms with E-state index in [-0.39, 0.29) is 0 Å². The van der Waals surface area contributed by atoms with E-state index >= 15 is 0 Å². The molecule has 17 heavy (non-hydrogen) atoms. The second kappa shape index (κ2) is 4.33. The van der Waals surface area contributed by atoms with Gasteiger partial charge in [-0.15, -0.1) is 10.2 Å². The van der Waals surface area contributed by atoms with Crippen LogP contribution in [0.2, 0.25) is 0 Å². The Bertz CT molecular complexity index is 513. The third kappa shape index (κ3) is 1.98. The van der Waals surface area contributed by atoms with Crippen molar-refractivity contribution in [2.75, 3.05) is 18.8 Å². The zero-order valence-electron chi connectivity index (χ0n) is 9.76. The fourth-order valence-electron chi connectivity index (χ4n) is 2.48. The second-order valence-electron chi connectivity index (χ2n) is 4.69. The van der Waals surface area contributed by atoms with Crippen molar-refractivity contribution in [3.63, 3.8) is 0 Å². The summed E-state index contributed by atoms with van der Waals surface area (Å²) < 4.78 is 2.00. The first kappa shape index (κ1) is 10.5. The summed E-state index contributed by atoms with van der Waals surface area (Å²) in [7, 11) is 0. The molecule has 1 fully saturated rings. The van der Waals surface area contributed by atoms with E-state index in [0.717, 1.165) is 31.0 Å². The maximum atomic E-state index is 5.87. The van der Waals surface area contributed by atoms with Crippen LogP contribution in [0.15, 0.2) is 18.3 Å². The van der Waals surface area contributed by atoms with Crippen molar-refractivity contribution in [1.82, 2.24) is 19.9 Å². The third-order valence-corrected chi connectivity index (χ3v) is 3.41. The molecule has 0 aliphatic carbocycles. The minimum absolute atomic E-state index is 0.664. The molecule has 1 atom stereocenters. The first-order chi connectivity index (χ1) is 8.34. The Morgan fingerprint density at radius 1 is 1.47 bits per heavy atom. The summed E-state index contributed by atoms with van der Waals surface area (Å²) in [5.41, 5.74) is 7.32. The van der Waals surface area contributed by atoms with E-state index in [2.05, 4.69) is 15.5 Å². The Morgan fingerprint density at radius 3 is 3.24 bits per heavy atom. The first-order valence-corrected chi connectivity index (χ1v) is 6.13. The Kier molecular flexibility index (Phi) is 2.68. The van der Waals surface area contributed by atoms with E-state index < -0.39 is 0 Å². The molecule has 5 nitrogen and oxygen atoms in total. The summed E-state index contributed by atoms with van der Waals surface area (Å²) in [6.07, 6.45) is 5.47. The quantitative estimate of drug-likeness (QED) is 0.804. The SMILES string of the molecule is Nc1cccn2c(CC3CCCNC3)nnc12. The van der Waals surface area contributed by atoms with E-state index in [1.165, 1.54) is 12.8 Å². The second-order valence-corrected chi connectivity index (χ2v) is 4.69. The van der Waals surface area contributed by atoms with Gasteiger partial charge in [0, 0.05) is 12.6 Å². The van der Waals surface area contributed by atoms with Gasteiger partial charge in [0.25, 0.3) is 0 Å². The van der Waals surface area contributed by atoms with Gasteiger partial charge in [-0.3, -0.25) is 4.40 Å². The van der Waals surface area contributed by atoms with Crippen LogP contribution in [0.4, 0.5) is 5.69 Å². The minimum atomic E-state index is 0.664. The van der Waals surface area contributed by atoms with E-state index in [4.69, 9.17) is 5.73 Å². The van der Waals surface area contributed by atoms with Crippen LogP contribution >= 0.6 is 0 Å². The van der Waals surface area contributed by atoms with Gasteiger partial charge >= 0.3 is 0 Å². The smallest absolute Gasteiger partial charge is 0.183 e. The van der Waals surface area contributed by atoms with Crippen molar-refractivity contribution in [2.24, 2.45) is 5.92 Å². The van der Waals surface area contributed by atoms with Gasteiger partial charge in [0.05, 0.1) is 5.69 Å². The van der Waals surface area contributed by atoms with Gasteiger partial charge < -0.3 is 11.1 Å². The molecule has 1 saturated heterocycles. The zero-order valence-corrected chi connectivity index (χ0v) is 9.76. The lowest BCUT2D eigenvalue weighted by molar-refractivity contribution is 0.370. The van der Waals surface area contributed by atoms with Gasteiger partial charge in [-0.05, 0) is 44.0 Å². The predicted molar refractivity (Wildman–Crippen MR) is 66.7 cm³/mol. The van der Waals surface area contributed by atoms with Gasteiger partial charge in [-0.1, -0.05) is 0 Å². The largest absolute Gasteiger partial charge is 0.396 e. The van der Waals surface area contributed by atoms with Crippen molar-refractivity contribution >= 4 is 11.3 Å². The lowest BCUT2D eigenvalue weighted by Crippen LogP contribution is -2.31. The lowest BCUT2D eigenvalue weighted by Gasteiger charge is -2.21. The summed E-state index contributed by atoms with van der Waals surface area (Å²) in [4.78, 5) is 0. The number of aromatic nitrogens is 3. The molecule has 0 saturated carbocycles. The maximum absolute atomic E-state index is 5.87. The summed E-state index contributed by atoms with van der Waals surface area (Å²) in [5.74, 6) is 1.68. The summed E-state index contributed by atoms with van der Waals surface area (Å²) >= 11 is 0. The van der Waals surface area contributed by atoms with E-state index in [1.54, 1.807) is 0 Å². The molecule has 1 aliphatic rings. The summed E-state index contributed by atoms with van der Waals surface area (Å²) in [5, 5.41) is 11.8. The first-order valence-electron chi connectivity index (χ1n) is 6.13. The van der Waals surface area contributed by atoms with Crippen LogP contribution < -0.4 is 11.1 Å². The van der Waals surface area contributed by atoms with Gasteiger partial charge in [0.15, 0.2) is 5.65 Å². The highest BCUT2D eigenvalue weighted by Gasteiger charge is 2.17. The zero-order chi connectivity index (χ0) is 11.7. The van der Waals surface area contributed by atoms with Gasteiger partial charge in [0.2, 0.25) is 0 Å². The Labute approximate surface area is 100 Å². The van der Waals surface area contributed by atoms with Crippen molar-refractivity contribution in [2.45, 2.75) is 19.3 Å². The number of piperidine rings is 1. The van der Waals surface area contributed by atoms with E-state index in [9.17, 15) is 0 Å². The summed E-state index contributed by atoms with van der Waals surface area (Å²) in [6, 6.07) is 3.80. The number of hydrogen-bond donors (Lipinski definition) is 2. The number of pyridine rings is 1. The average molecular weight is 231 g/mol. The highest BCUT2D eigenvalue weighted by atomic mass is 15.2. The Hall–Kier alpha value is -1.62. The molecule has 0 aromatic carbocycles. The Morgan fingerprint density at radius 2 is 2.41 bits per heavy atom. The fourth-order valence-corrected chi connectivity index (χ4v) is 2.48. The topological polar surface area (TPSA) is 68.2 Å². The number of nitrogens with zero attached hydrogens (tertiary/aromatic N) is 3. The molecule has 1 unspecified atom stereocenters. The van der Waals surface area contributed by atoms with Crippen molar-refractivity contribution in [3.8, 4) is 0 Å². The van der Waals surface area contributed by atoms with Crippen molar-refractivity contribution < 1.29 is 0 Å². The minimum Gasteiger partial charge on any atom is -0.396 e. The predicted octanol–water partition coefficient (Wildman–Crippen LogP) is 0.854. The standard InChI is InChI=1S/C12H17N5/c13-10-4-2-6-17-11(15-16-12(10)17)7-9-3-1-5-14-8-9/h2,4,6,9,14H,1,3,5,7-8,13H2. The number of rotatable bonds is 2. The van der Waals surface area contributed by atoms with Gasteiger partial charge in [-0.2, -0.15) is 0 Å². The average Bonchev–Trinajstić information content (AvgIpc) is 2.76. The van der Waals surface area contributed by atoms with E-state index in [1.807, 2.05) is 22.7 Å². The highest BCUT2D eigenvalue weighted by molar-refractivity contribution is 5.63. The molecule has 3 heterocycles. The van der Waals surface area contributed by atoms with Crippen LogP contribution in [0, 0.1) is 5.92 Å². The summed E-state index contributed by atoms with van der Waals surface area (Å²) in [6.45, 7) is 2.22. The molecule has 0 bridgehead atoms. The number of nitrogens with one attached hydrogen (secondary N) is 1. The van der Waals surface area contributed by atoms with Gasteiger partial charge in [-0.25, -0.2) is 0 Å². The van der Waals surface area contributed by atoms with Gasteiger partial charge in [0.1, 0.15) is 5.82 Å². The number of anilines is 1. The number of hydrogen-bond acceptors (Lipinski definition) is 4. The molecule has 1 aliphatic heterocycles. The van der Waals surface area contributed by atoms with Crippen molar-refractivity contribution in [3.05, 3.63) is 24.2 Å². The molecular weight excluding hydrogens is 214 g/mol.